The van der Waals surface area contributed by atoms with Gasteiger partial charge in [-0.25, -0.2) is 4.79 Å². The first-order valence-corrected chi connectivity index (χ1v) is 5.14. The molecule has 0 rings (SSSR count). The van der Waals surface area contributed by atoms with Crippen molar-refractivity contribution >= 4 is 16.5 Å². The van der Waals surface area contributed by atoms with Crippen LogP contribution in [0.2, 0.25) is 0 Å². The van der Waals surface area contributed by atoms with Crippen LogP contribution >= 0.6 is 0 Å². The molecule has 0 aromatic carbocycles. The molecule has 0 bridgehead atoms. The summed E-state index contributed by atoms with van der Waals surface area (Å²) in [4.78, 5) is 10.5. The number of carbonyl (C=O) groups is 1. The fourth-order valence-electron chi connectivity index (χ4n) is 0.913. The van der Waals surface area contributed by atoms with Crippen LogP contribution in [0.1, 0.15) is 32.6 Å². The van der Waals surface area contributed by atoms with Gasteiger partial charge in [-0.1, -0.05) is 26.2 Å². The molecule has 0 radical (unpaired) electrons. The Bertz CT molecular complexity index is 275. The Hall–Kier alpha value is -0.910. The summed E-state index contributed by atoms with van der Waals surface area (Å²) < 4.78 is 23.3. The van der Waals surface area contributed by atoms with E-state index in [0.717, 1.165) is 12.8 Å². The molecule has 1 unspecified atom stereocenters. The van der Waals surface area contributed by atoms with Gasteiger partial charge in [-0.2, -0.15) is 12.8 Å². The topological polar surface area (TPSA) is 83.8 Å². The van der Waals surface area contributed by atoms with Crippen molar-refractivity contribution in [2.45, 2.75) is 38.6 Å². The first-order valence-electron chi connectivity index (χ1n) is 4.11. The Morgan fingerprint density at radius 3 is 2.46 bits per heavy atom. The number of carboxylic acid groups (broad SMARTS) is 1. The Labute approximate surface area is 78.5 Å². The highest BCUT2D eigenvalue weighted by Gasteiger charge is 2.15. The quantitative estimate of drug-likeness (QED) is 0.660. The zero-order valence-electron chi connectivity index (χ0n) is 7.43. The zero-order chi connectivity index (χ0) is 10.3. The Morgan fingerprint density at radius 1 is 1.46 bits per heavy atom. The second-order valence-electron chi connectivity index (χ2n) is 2.67. The second kappa shape index (κ2) is 6.59. The fourth-order valence-corrected chi connectivity index (χ4v) is 1.32. The van der Waals surface area contributed by atoms with Crippen LogP contribution in [-0.2, 0) is 15.3 Å². The van der Waals surface area contributed by atoms with Gasteiger partial charge in [0.1, 0.15) is 0 Å². The number of hydrogen-bond donors (Lipinski definition) is 1. The van der Waals surface area contributed by atoms with Gasteiger partial charge >= 0.3 is 16.5 Å². The van der Waals surface area contributed by atoms with Crippen molar-refractivity contribution in [3.8, 4) is 0 Å². The molecular formula is C7H13NO4S. The highest BCUT2D eigenvalue weighted by Crippen LogP contribution is 2.06. The molecule has 0 saturated heterocycles. The normalized spacial score (nSPS) is 12.1. The molecule has 76 valence electrons. The van der Waals surface area contributed by atoms with Crippen LogP contribution < -0.4 is 0 Å². The van der Waals surface area contributed by atoms with Gasteiger partial charge in [0.15, 0.2) is 6.04 Å². The lowest BCUT2D eigenvalue weighted by Crippen LogP contribution is -2.17. The minimum atomic E-state index is -2.63. The molecule has 0 aromatic rings. The lowest BCUT2D eigenvalue weighted by Gasteiger charge is -2.02. The molecule has 6 heteroatoms. The van der Waals surface area contributed by atoms with E-state index in [0.29, 0.717) is 6.42 Å². The molecule has 0 saturated carbocycles. The van der Waals surface area contributed by atoms with Crippen LogP contribution in [0.4, 0.5) is 0 Å². The first-order chi connectivity index (χ1) is 6.07. The van der Waals surface area contributed by atoms with Gasteiger partial charge in [0.2, 0.25) is 0 Å². The number of rotatable bonds is 6. The summed E-state index contributed by atoms with van der Waals surface area (Å²) in [7, 11) is -2.63. The molecule has 0 heterocycles. The Morgan fingerprint density at radius 2 is 2.08 bits per heavy atom. The first kappa shape index (κ1) is 12.1. The van der Waals surface area contributed by atoms with Crippen molar-refractivity contribution in [3.05, 3.63) is 0 Å². The molecule has 0 aromatic heterocycles. The molecular weight excluding hydrogens is 194 g/mol. The summed E-state index contributed by atoms with van der Waals surface area (Å²) in [5, 5.41) is 8.55. The maximum Gasteiger partial charge on any atom is 0.329 e. The van der Waals surface area contributed by atoms with E-state index in [1.165, 1.54) is 0 Å². The molecule has 1 N–H and O–H groups in total. The zero-order valence-corrected chi connectivity index (χ0v) is 8.25. The largest absolute Gasteiger partial charge is 0.480 e. The van der Waals surface area contributed by atoms with Crippen LogP contribution in [0, 0.1) is 0 Å². The van der Waals surface area contributed by atoms with Crippen LogP contribution in [0.3, 0.4) is 0 Å². The lowest BCUT2D eigenvalue weighted by molar-refractivity contribution is -0.138. The summed E-state index contributed by atoms with van der Waals surface area (Å²) in [5.74, 6) is -1.18. The lowest BCUT2D eigenvalue weighted by atomic mass is 10.1. The summed E-state index contributed by atoms with van der Waals surface area (Å²) in [5.41, 5.74) is 0. The number of carboxylic acids is 1. The summed E-state index contributed by atoms with van der Waals surface area (Å²) in [6.45, 7) is 1.98. The van der Waals surface area contributed by atoms with E-state index in [-0.39, 0.29) is 6.42 Å². The van der Waals surface area contributed by atoms with Crippen LogP contribution in [0.25, 0.3) is 0 Å². The van der Waals surface area contributed by atoms with Crippen molar-refractivity contribution in [2.75, 3.05) is 0 Å². The standard InChI is InChI=1S/C7H13NO4S/c1-2-3-4-5-6(7(9)10)8-13(11)12/h6H,2-5H2,1H3,(H,9,10). The number of aliphatic carboxylic acids is 1. The van der Waals surface area contributed by atoms with Crippen molar-refractivity contribution in [1.29, 1.82) is 0 Å². The highest BCUT2D eigenvalue weighted by molar-refractivity contribution is 7.61. The number of nitrogens with zero attached hydrogens (tertiary/aromatic N) is 1. The van der Waals surface area contributed by atoms with Gasteiger partial charge < -0.3 is 5.11 Å². The maximum atomic E-state index is 10.5. The predicted molar refractivity (Wildman–Crippen MR) is 46.9 cm³/mol. The van der Waals surface area contributed by atoms with E-state index in [1.54, 1.807) is 0 Å². The summed E-state index contributed by atoms with van der Waals surface area (Å²) >= 11 is 0. The summed E-state index contributed by atoms with van der Waals surface area (Å²) in [6, 6.07) is -1.11. The van der Waals surface area contributed by atoms with Crippen LogP contribution in [0.5, 0.6) is 0 Å². The van der Waals surface area contributed by atoms with E-state index >= 15 is 0 Å². The molecule has 0 amide bonds. The molecule has 5 nitrogen and oxygen atoms in total. The van der Waals surface area contributed by atoms with Crippen LogP contribution in [0.15, 0.2) is 4.36 Å². The molecule has 0 aliphatic carbocycles. The molecule has 13 heavy (non-hydrogen) atoms. The molecule has 0 aliphatic rings. The smallest absolute Gasteiger partial charge is 0.329 e. The third-order valence-corrected chi connectivity index (χ3v) is 2.01. The Kier molecular flexibility index (Phi) is 6.13. The van der Waals surface area contributed by atoms with Crippen molar-refractivity contribution in [1.82, 2.24) is 0 Å². The van der Waals surface area contributed by atoms with Gasteiger partial charge in [-0.3, -0.25) is 0 Å². The molecule has 0 spiro atoms. The van der Waals surface area contributed by atoms with Crippen molar-refractivity contribution in [3.63, 3.8) is 0 Å². The monoisotopic (exact) mass is 207 g/mol. The average Bonchev–Trinajstić information content (AvgIpc) is 2.02. The van der Waals surface area contributed by atoms with Crippen LogP contribution in [-0.4, -0.2) is 25.5 Å². The SMILES string of the molecule is CCCCCC(N=S(=O)=O)C(=O)O. The van der Waals surface area contributed by atoms with Crippen molar-refractivity contribution < 1.29 is 18.3 Å². The molecule has 0 aliphatic heterocycles. The minimum Gasteiger partial charge on any atom is -0.480 e. The van der Waals surface area contributed by atoms with E-state index in [4.69, 9.17) is 5.11 Å². The van der Waals surface area contributed by atoms with E-state index in [2.05, 4.69) is 4.36 Å². The van der Waals surface area contributed by atoms with Gasteiger partial charge in [0.05, 0.1) is 0 Å². The van der Waals surface area contributed by atoms with E-state index in [1.807, 2.05) is 6.92 Å². The van der Waals surface area contributed by atoms with E-state index in [9.17, 15) is 13.2 Å². The molecule has 1 atom stereocenters. The average molecular weight is 207 g/mol. The fraction of sp³-hybridized carbons (Fsp3) is 0.857. The van der Waals surface area contributed by atoms with Gasteiger partial charge in [-0.05, 0) is 6.42 Å². The summed E-state index contributed by atoms with van der Waals surface area (Å²) in [6.07, 6.45) is 2.84. The highest BCUT2D eigenvalue weighted by atomic mass is 32.2. The second-order valence-corrected chi connectivity index (χ2v) is 3.32. The molecule has 0 fully saturated rings. The van der Waals surface area contributed by atoms with Gasteiger partial charge in [0.25, 0.3) is 0 Å². The van der Waals surface area contributed by atoms with Crippen molar-refractivity contribution in [2.24, 2.45) is 4.36 Å². The Balaban J connectivity index is 4.12. The number of unbranched alkanes of at least 4 members (excludes halogenated alkanes) is 2. The van der Waals surface area contributed by atoms with Gasteiger partial charge in [0, 0.05) is 0 Å². The maximum absolute atomic E-state index is 10.5. The third-order valence-electron chi connectivity index (χ3n) is 1.58. The van der Waals surface area contributed by atoms with E-state index < -0.39 is 22.5 Å². The third kappa shape index (κ3) is 6.27. The van der Waals surface area contributed by atoms with Gasteiger partial charge in [-0.15, -0.1) is 0 Å². The predicted octanol–water partition coefficient (Wildman–Crippen LogP) is 1.08. The minimum absolute atomic E-state index is 0.289. The number of hydrogen-bond acceptors (Lipinski definition) is 4.